The number of nitrogen functional groups attached to an aromatic ring is 1. The molecule has 2 aliphatic heterocycles. The fraction of sp³-hybridized carbons (Fsp3) is 0.303. The number of rotatable bonds is 9. The lowest BCUT2D eigenvalue weighted by molar-refractivity contribution is -0.139. The Morgan fingerprint density at radius 1 is 1.14 bits per heavy atom. The van der Waals surface area contributed by atoms with Crippen LogP contribution in [0.25, 0.3) is 0 Å². The summed E-state index contributed by atoms with van der Waals surface area (Å²) in [5.41, 5.74) is 7.21. The number of anilines is 3. The van der Waals surface area contributed by atoms with Crippen molar-refractivity contribution in [3.8, 4) is 0 Å². The van der Waals surface area contributed by atoms with Crippen LogP contribution < -0.4 is 16.0 Å². The van der Waals surface area contributed by atoms with Gasteiger partial charge in [-0.3, -0.25) is 14.4 Å². The van der Waals surface area contributed by atoms with E-state index < -0.39 is 17.4 Å². The molecule has 2 heterocycles. The van der Waals surface area contributed by atoms with E-state index in [0.29, 0.717) is 39.8 Å². The molecular formula is C33H35ClN4O5. The zero-order valence-electron chi connectivity index (χ0n) is 23.9. The van der Waals surface area contributed by atoms with Crippen molar-refractivity contribution in [2.75, 3.05) is 29.1 Å². The second-order valence-corrected chi connectivity index (χ2v) is 11.5. The SMILES string of the molecule is C[C@H](/C=C/CC(=O)N1CCC[C@H]1CO)[C@@]1(O)C(=O)N(Cc2ccc(NC(=O)c3ccc(N)cc3)cc2)c2ccc(Cl)cc21. The second-order valence-electron chi connectivity index (χ2n) is 11.1. The third kappa shape index (κ3) is 6.15. The van der Waals surface area contributed by atoms with Crippen molar-refractivity contribution in [2.45, 2.75) is 44.4 Å². The predicted octanol–water partition coefficient (Wildman–Crippen LogP) is 4.47. The molecule has 0 spiro atoms. The number of carbonyl (C=O) groups excluding carboxylic acids is 3. The number of aliphatic hydroxyl groups is 2. The van der Waals surface area contributed by atoms with Crippen LogP contribution in [0.3, 0.4) is 0 Å². The minimum atomic E-state index is -1.88. The van der Waals surface area contributed by atoms with Crippen molar-refractivity contribution in [1.82, 2.24) is 4.90 Å². The number of aliphatic hydroxyl groups excluding tert-OH is 1. The van der Waals surface area contributed by atoms with Gasteiger partial charge in [0.05, 0.1) is 24.9 Å². The molecule has 0 unspecified atom stereocenters. The molecule has 3 amide bonds. The van der Waals surface area contributed by atoms with Gasteiger partial charge < -0.3 is 31.1 Å². The normalized spacial score (nSPS) is 20.5. The molecule has 1 fully saturated rings. The van der Waals surface area contributed by atoms with E-state index in [4.69, 9.17) is 17.3 Å². The molecule has 5 rings (SSSR count). The number of hydrogen-bond acceptors (Lipinski definition) is 6. The number of nitrogens with one attached hydrogen (secondary N) is 1. The minimum Gasteiger partial charge on any atom is -0.399 e. The summed E-state index contributed by atoms with van der Waals surface area (Å²) in [5, 5.41) is 24.7. The summed E-state index contributed by atoms with van der Waals surface area (Å²) < 4.78 is 0. The van der Waals surface area contributed by atoms with Crippen LogP contribution in [-0.4, -0.2) is 52.0 Å². The fourth-order valence-corrected chi connectivity index (χ4v) is 5.95. The number of hydrogen-bond donors (Lipinski definition) is 4. The summed E-state index contributed by atoms with van der Waals surface area (Å²) in [5.74, 6) is -1.51. The van der Waals surface area contributed by atoms with Crippen molar-refractivity contribution in [1.29, 1.82) is 0 Å². The van der Waals surface area contributed by atoms with Gasteiger partial charge in [-0.2, -0.15) is 0 Å². The second kappa shape index (κ2) is 12.6. The molecule has 1 saturated heterocycles. The van der Waals surface area contributed by atoms with Crippen molar-refractivity contribution >= 4 is 46.4 Å². The molecule has 0 aromatic heterocycles. The zero-order valence-corrected chi connectivity index (χ0v) is 24.6. The van der Waals surface area contributed by atoms with Gasteiger partial charge in [0, 0.05) is 46.4 Å². The Hall–Kier alpha value is -4.18. The van der Waals surface area contributed by atoms with Crippen LogP contribution in [0.1, 0.15) is 47.7 Å². The van der Waals surface area contributed by atoms with Gasteiger partial charge in [-0.25, -0.2) is 0 Å². The summed E-state index contributed by atoms with van der Waals surface area (Å²) in [6, 6.07) is 18.6. The molecule has 9 nitrogen and oxygen atoms in total. The first-order valence-corrected chi connectivity index (χ1v) is 14.7. The maximum Gasteiger partial charge on any atom is 0.264 e. The van der Waals surface area contributed by atoms with Crippen LogP contribution in [0, 0.1) is 5.92 Å². The number of halogens is 1. The van der Waals surface area contributed by atoms with Gasteiger partial charge in [0.25, 0.3) is 11.8 Å². The van der Waals surface area contributed by atoms with Crippen LogP contribution in [-0.2, 0) is 21.7 Å². The predicted molar refractivity (Wildman–Crippen MR) is 167 cm³/mol. The van der Waals surface area contributed by atoms with Gasteiger partial charge in [-0.15, -0.1) is 0 Å². The third-order valence-corrected chi connectivity index (χ3v) is 8.48. The van der Waals surface area contributed by atoms with E-state index in [2.05, 4.69) is 5.32 Å². The van der Waals surface area contributed by atoms with Gasteiger partial charge in [0.2, 0.25) is 5.91 Å². The summed E-state index contributed by atoms with van der Waals surface area (Å²) in [7, 11) is 0. The van der Waals surface area contributed by atoms with E-state index in [1.807, 2.05) is 12.1 Å². The smallest absolute Gasteiger partial charge is 0.264 e. The van der Waals surface area contributed by atoms with E-state index >= 15 is 0 Å². The van der Waals surface area contributed by atoms with Crippen LogP contribution >= 0.6 is 11.6 Å². The molecule has 0 bridgehead atoms. The van der Waals surface area contributed by atoms with Crippen molar-refractivity contribution in [2.24, 2.45) is 5.92 Å². The number of nitrogens with two attached hydrogens (primary N) is 1. The molecule has 0 aliphatic carbocycles. The summed E-state index contributed by atoms with van der Waals surface area (Å²) in [6.45, 7) is 2.48. The highest BCUT2D eigenvalue weighted by molar-refractivity contribution is 6.31. The number of benzene rings is 3. The lowest BCUT2D eigenvalue weighted by atomic mass is 9.83. The largest absolute Gasteiger partial charge is 0.399 e. The molecule has 3 atom stereocenters. The lowest BCUT2D eigenvalue weighted by Gasteiger charge is -2.28. The molecule has 5 N–H and O–H groups in total. The number of nitrogens with zero attached hydrogens (tertiary/aromatic N) is 2. The van der Waals surface area contributed by atoms with Gasteiger partial charge in [0.1, 0.15) is 0 Å². The van der Waals surface area contributed by atoms with E-state index in [1.54, 1.807) is 78.6 Å². The highest BCUT2D eigenvalue weighted by atomic mass is 35.5. The maximum absolute atomic E-state index is 13.9. The molecule has 224 valence electrons. The molecule has 2 aliphatic rings. The molecule has 43 heavy (non-hydrogen) atoms. The third-order valence-electron chi connectivity index (χ3n) is 8.24. The Kier molecular flexibility index (Phi) is 8.87. The van der Waals surface area contributed by atoms with Crippen LogP contribution in [0.2, 0.25) is 5.02 Å². The number of likely N-dealkylation sites (tertiary alicyclic amines) is 1. The molecule has 10 heteroatoms. The minimum absolute atomic E-state index is 0.0610. The van der Waals surface area contributed by atoms with Crippen molar-refractivity contribution in [3.63, 3.8) is 0 Å². The summed E-state index contributed by atoms with van der Waals surface area (Å²) in [6.07, 6.45) is 5.12. The average Bonchev–Trinajstić information content (AvgIpc) is 3.56. The van der Waals surface area contributed by atoms with Crippen LogP contribution in [0.4, 0.5) is 17.1 Å². The van der Waals surface area contributed by atoms with E-state index in [-0.39, 0.29) is 37.4 Å². The Labute approximate surface area is 255 Å². The fourth-order valence-electron chi connectivity index (χ4n) is 5.77. The summed E-state index contributed by atoms with van der Waals surface area (Å²) in [4.78, 5) is 42.3. The number of amides is 3. The van der Waals surface area contributed by atoms with Crippen molar-refractivity contribution in [3.05, 3.63) is 101 Å². The molecule has 0 radical (unpaired) electrons. The lowest BCUT2D eigenvalue weighted by Crippen LogP contribution is -2.44. The Morgan fingerprint density at radius 3 is 2.56 bits per heavy atom. The molecular weight excluding hydrogens is 568 g/mol. The average molecular weight is 603 g/mol. The van der Waals surface area contributed by atoms with Gasteiger partial charge in [-0.05, 0) is 73.0 Å². The Morgan fingerprint density at radius 2 is 1.86 bits per heavy atom. The zero-order chi connectivity index (χ0) is 30.7. The quantitative estimate of drug-likeness (QED) is 0.211. The first-order valence-electron chi connectivity index (χ1n) is 14.3. The number of carbonyl (C=O) groups is 3. The maximum atomic E-state index is 13.9. The first-order chi connectivity index (χ1) is 20.6. The monoisotopic (exact) mass is 602 g/mol. The topological polar surface area (TPSA) is 136 Å². The van der Waals surface area contributed by atoms with Crippen molar-refractivity contribution < 1.29 is 24.6 Å². The Bertz CT molecular complexity index is 1540. The molecule has 0 saturated carbocycles. The van der Waals surface area contributed by atoms with Gasteiger partial charge in [0.15, 0.2) is 5.60 Å². The highest BCUT2D eigenvalue weighted by Crippen LogP contribution is 2.46. The van der Waals surface area contributed by atoms with E-state index in [9.17, 15) is 24.6 Å². The first kappa shape index (κ1) is 30.3. The molecule has 3 aromatic rings. The van der Waals surface area contributed by atoms with Gasteiger partial charge in [-0.1, -0.05) is 42.8 Å². The van der Waals surface area contributed by atoms with E-state index in [1.165, 1.54) is 4.90 Å². The van der Waals surface area contributed by atoms with Gasteiger partial charge >= 0.3 is 0 Å². The van der Waals surface area contributed by atoms with Crippen LogP contribution in [0.5, 0.6) is 0 Å². The summed E-state index contributed by atoms with van der Waals surface area (Å²) >= 11 is 6.30. The van der Waals surface area contributed by atoms with Crippen LogP contribution in [0.15, 0.2) is 78.9 Å². The Balaban J connectivity index is 1.30. The highest BCUT2D eigenvalue weighted by Gasteiger charge is 2.52. The molecule has 3 aromatic carbocycles. The standard InChI is InChI=1S/C33H35ClN4O5/c1-21(4-2-6-30(40)37-17-3-5-27(37)20-39)33(43)28-18-24(34)11-16-29(28)38(32(33)42)19-22-7-14-26(15-8-22)36-31(41)23-9-12-25(35)13-10-23/h2,4,7-16,18,21,27,39,43H,3,5-6,17,19-20,35H2,1H3,(H,36,41)/b4-2+/t21-,27+,33+/m1/s1. The van der Waals surface area contributed by atoms with E-state index in [0.717, 1.165) is 18.4 Å². The number of fused-ring (bicyclic) bond motifs is 1.